The van der Waals surface area contributed by atoms with Crippen molar-refractivity contribution in [3.8, 4) is 0 Å². The lowest BCUT2D eigenvalue weighted by atomic mass is 10.1. The van der Waals surface area contributed by atoms with E-state index in [0.717, 1.165) is 6.07 Å². The van der Waals surface area contributed by atoms with Crippen molar-refractivity contribution < 1.29 is 12.8 Å². The molecule has 0 aliphatic carbocycles. The van der Waals surface area contributed by atoms with E-state index in [2.05, 4.69) is 10.0 Å². The van der Waals surface area contributed by atoms with Crippen LogP contribution in [0.3, 0.4) is 0 Å². The molecule has 0 heterocycles. The molecule has 4 nitrogen and oxygen atoms in total. The Hall–Kier alpha value is -0.690. The highest BCUT2D eigenvalue weighted by Gasteiger charge is 2.24. The first-order valence-corrected chi connectivity index (χ1v) is 8.54. The summed E-state index contributed by atoms with van der Waals surface area (Å²) in [7, 11) is -3.79. The van der Waals surface area contributed by atoms with Gasteiger partial charge in [0.15, 0.2) is 0 Å². The van der Waals surface area contributed by atoms with Gasteiger partial charge in [-0.05, 0) is 38.5 Å². The Labute approximate surface area is 131 Å². The molecule has 0 aliphatic rings. The molecule has 0 atom stereocenters. The molecule has 7 heteroatoms. The van der Waals surface area contributed by atoms with Gasteiger partial charge >= 0.3 is 0 Å². The van der Waals surface area contributed by atoms with E-state index in [9.17, 15) is 12.8 Å². The Morgan fingerprint density at radius 1 is 1.29 bits per heavy atom. The predicted octanol–water partition coefficient (Wildman–Crippen LogP) is 3.05. The number of halogens is 2. The van der Waals surface area contributed by atoms with Crippen LogP contribution in [0.25, 0.3) is 0 Å². The fourth-order valence-corrected chi connectivity index (χ4v) is 3.33. The lowest BCUT2D eigenvalue weighted by Crippen LogP contribution is -2.40. The van der Waals surface area contributed by atoms with Crippen molar-refractivity contribution in [2.75, 3.05) is 0 Å². The minimum Gasteiger partial charge on any atom is -0.310 e. The maximum Gasteiger partial charge on any atom is 0.241 e. The van der Waals surface area contributed by atoms with Crippen LogP contribution < -0.4 is 10.0 Å². The molecule has 0 saturated heterocycles. The average Bonchev–Trinajstić information content (AvgIpc) is 2.27. The van der Waals surface area contributed by atoms with Crippen molar-refractivity contribution in [1.29, 1.82) is 0 Å². The fourth-order valence-electron chi connectivity index (χ4n) is 1.68. The standard InChI is InChI=1S/C14H22ClFN2O2S/c1-9(2)17-8-10-6-11(7-12(16)13(10)15)21(19,20)18-14(3,4)5/h6-7,9,17-18H,8H2,1-5H3. The molecule has 0 aromatic heterocycles. The first kappa shape index (κ1) is 18.4. The quantitative estimate of drug-likeness (QED) is 0.868. The van der Waals surface area contributed by atoms with Crippen LogP contribution in [0.5, 0.6) is 0 Å². The zero-order chi connectivity index (χ0) is 16.4. The molecular formula is C14H22ClFN2O2S. The summed E-state index contributed by atoms with van der Waals surface area (Å²) in [6.45, 7) is 9.33. The molecule has 0 radical (unpaired) electrons. The predicted molar refractivity (Wildman–Crippen MR) is 83.5 cm³/mol. The molecule has 0 unspecified atom stereocenters. The molecule has 2 N–H and O–H groups in total. The maximum atomic E-state index is 13.9. The van der Waals surface area contributed by atoms with Gasteiger partial charge in [-0.25, -0.2) is 17.5 Å². The molecule has 1 rings (SSSR count). The zero-order valence-electron chi connectivity index (χ0n) is 12.9. The van der Waals surface area contributed by atoms with E-state index >= 15 is 0 Å². The highest BCUT2D eigenvalue weighted by molar-refractivity contribution is 7.89. The summed E-state index contributed by atoms with van der Waals surface area (Å²) in [6.07, 6.45) is 0. The van der Waals surface area contributed by atoms with Crippen LogP contribution >= 0.6 is 11.6 Å². The molecule has 0 aliphatic heterocycles. The van der Waals surface area contributed by atoms with Crippen molar-refractivity contribution in [2.45, 2.75) is 57.6 Å². The van der Waals surface area contributed by atoms with Crippen LogP contribution in [0, 0.1) is 5.82 Å². The molecule has 0 bridgehead atoms. The van der Waals surface area contributed by atoms with Gasteiger partial charge in [0.1, 0.15) is 5.82 Å². The molecule has 120 valence electrons. The van der Waals surface area contributed by atoms with Crippen molar-refractivity contribution in [3.05, 3.63) is 28.5 Å². The molecule has 1 aromatic rings. The van der Waals surface area contributed by atoms with Crippen molar-refractivity contribution >= 4 is 21.6 Å². The smallest absolute Gasteiger partial charge is 0.241 e. The van der Waals surface area contributed by atoms with Crippen LogP contribution in [0.15, 0.2) is 17.0 Å². The Bertz CT molecular complexity index is 610. The van der Waals surface area contributed by atoms with E-state index in [4.69, 9.17) is 11.6 Å². The monoisotopic (exact) mass is 336 g/mol. The van der Waals surface area contributed by atoms with E-state index in [1.807, 2.05) is 13.8 Å². The fraction of sp³-hybridized carbons (Fsp3) is 0.571. The van der Waals surface area contributed by atoms with Crippen molar-refractivity contribution in [1.82, 2.24) is 10.0 Å². The summed E-state index contributed by atoms with van der Waals surface area (Å²) in [6, 6.07) is 2.52. The number of sulfonamides is 1. The van der Waals surface area contributed by atoms with E-state index in [0.29, 0.717) is 12.1 Å². The summed E-state index contributed by atoms with van der Waals surface area (Å²) >= 11 is 5.90. The van der Waals surface area contributed by atoms with Gasteiger partial charge in [0.25, 0.3) is 0 Å². The third kappa shape index (κ3) is 5.54. The van der Waals surface area contributed by atoms with E-state index in [-0.39, 0.29) is 16.0 Å². The lowest BCUT2D eigenvalue weighted by Gasteiger charge is -2.21. The summed E-state index contributed by atoms with van der Waals surface area (Å²) in [5.74, 6) is -0.742. The SMILES string of the molecule is CC(C)NCc1cc(S(=O)(=O)NC(C)(C)C)cc(F)c1Cl. The van der Waals surface area contributed by atoms with Crippen LogP contribution in [0.2, 0.25) is 5.02 Å². The maximum absolute atomic E-state index is 13.9. The van der Waals surface area contributed by atoms with Gasteiger partial charge in [0.2, 0.25) is 10.0 Å². The van der Waals surface area contributed by atoms with E-state index in [1.165, 1.54) is 6.07 Å². The highest BCUT2D eigenvalue weighted by Crippen LogP contribution is 2.25. The zero-order valence-corrected chi connectivity index (χ0v) is 14.5. The minimum atomic E-state index is -3.79. The molecule has 0 spiro atoms. The van der Waals surface area contributed by atoms with Gasteiger partial charge in [0, 0.05) is 18.1 Å². The van der Waals surface area contributed by atoms with E-state index < -0.39 is 21.4 Å². The first-order chi connectivity index (χ1) is 9.42. The molecule has 0 fully saturated rings. The molecule has 0 amide bonds. The topological polar surface area (TPSA) is 58.2 Å². The Morgan fingerprint density at radius 2 is 1.86 bits per heavy atom. The third-order valence-corrected chi connectivity index (χ3v) is 4.69. The van der Waals surface area contributed by atoms with Gasteiger partial charge in [-0.3, -0.25) is 0 Å². The largest absolute Gasteiger partial charge is 0.310 e. The normalized spacial score (nSPS) is 13.0. The summed E-state index contributed by atoms with van der Waals surface area (Å²) in [4.78, 5) is -0.125. The number of benzene rings is 1. The molecule has 21 heavy (non-hydrogen) atoms. The second-order valence-electron chi connectivity index (χ2n) is 6.27. The Kier molecular flexibility index (Phi) is 5.77. The van der Waals surface area contributed by atoms with Crippen molar-refractivity contribution in [2.24, 2.45) is 0 Å². The van der Waals surface area contributed by atoms with Gasteiger partial charge < -0.3 is 5.32 Å². The van der Waals surface area contributed by atoms with Crippen LogP contribution in [-0.4, -0.2) is 20.0 Å². The van der Waals surface area contributed by atoms with E-state index in [1.54, 1.807) is 20.8 Å². The third-order valence-electron chi connectivity index (χ3n) is 2.53. The van der Waals surface area contributed by atoms with Crippen LogP contribution in [0.1, 0.15) is 40.2 Å². The summed E-state index contributed by atoms with van der Waals surface area (Å²) < 4.78 is 40.9. The van der Waals surface area contributed by atoms with Gasteiger partial charge in [-0.1, -0.05) is 25.4 Å². The Balaban J connectivity index is 3.20. The van der Waals surface area contributed by atoms with Gasteiger partial charge in [-0.2, -0.15) is 0 Å². The Morgan fingerprint density at radius 3 is 2.33 bits per heavy atom. The van der Waals surface area contributed by atoms with Gasteiger partial charge in [-0.15, -0.1) is 0 Å². The second-order valence-corrected chi connectivity index (χ2v) is 8.33. The second kappa shape index (κ2) is 6.60. The minimum absolute atomic E-state index is 0.0575. The number of hydrogen-bond donors (Lipinski definition) is 2. The summed E-state index contributed by atoms with van der Waals surface area (Å²) in [5.41, 5.74) is -0.231. The van der Waals surface area contributed by atoms with Crippen molar-refractivity contribution in [3.63, 3.8) is 0 Å². The lowest BCUT2D eigenvalue weighted by molar-refractivity contribution is 0.490. The first-order valence-electron chi connectivity index (χ1n) is 6.67. The number of rotatable bonds is 5. The number of nitrogens with one attached hydrogen (secondary N) is 2. The average molecular weight is 337 g/mol. The summed E-state index contributed by atoms with van der Waals surface area (Å²) in [5, 5.41) is 3.03. The molecule has 1 aromatic carbocycles. The highest BCUT2D eigenvalue weighted by atomic mass is 35.5. The number of hydrogen-bond acceptors (Lipinski definition) is 3. The molecular weight excluding hydrogens is 315 g/mol. The van der Waals surface area contributed by atoms with Crippen LogP contribution in [-0.2, 0) is 16.6 Å². The van der Waals surface area contributed by atoms with Gasteiger partial charge in [0.05, 0.1) is 9.92 Å². The molecule has 0 saturated carbocycles. The van der Waals surface area contributed by atoms with Crippen LogP contribution in [0.4, 0.5) is 4.39 Å².